The fourth-order valence-electron chi connectivity index (χ4n) is 1.91. The summed E-state index contributed by atoms with van der Waals surface area (Å²) in [4.78, 5) is 25.1. The van der Waals surface area contributed by atoms with Crippen molar-refractivity contribution in [3.63, 3.8) is 0 Å². The molecule has 1 aliphatic rings. The molecule has 126 valence electrons. The highest BCUT2D eigenvalue weighted by molar-refractivity contribution is 5.87. The molecule has 7 heteroatoms. The van der Waals surface area contributed by atoms with Crippen molar-refractivity contribution < 1.29 is 23.8 Å². The molecular formula is C15H26N2O5. The fourth-order valence-corrected chi connectivity index (χ4v) is 1.91. The van der Waals surface area contributed by atoms with E-state index >= 15 is 0 Å². The number of carbonyl (C=O) groups excluding carboxylic acids is 2. The fraction of sp³-hybridized carbons (Fsp3) is 0.733. The van der Waals surface area contributed by atoms with Crippen LogP contribution in [0, 0.1) is 0 Å². The van der Waals surface area contributed by atoms with Crippen LogP contribution in [0.25, 0.3) is 0 Å². The maximum atomic E-state index is 11.8. The van der Waals surface area contributed by atoms with E-state index in [1.54, 1.807) is 17.9 Å². The van der Waals surface area contributed by atoms with Crippen LogP contribution < -0.4 is 5.32 Å². The molecule has 0 bridgehead atoms. The molecule has 0 aromatic rings. The zero-order valence-corrected chi connectivity index (χ0v) is 13.7. The number of amides is 2. The van der Waals surface area contributed by atoms with E-state index in [2.05, 4.69) is 5.32 Å². The average molecular weight is 314 g/mol. The van der Waals surface area contributed by atoms with Crippen LogP contribution in [0.1, 0.15) is 27.7 Å². The summed E-state index contributed by atoms with van der Waals surface area (Å²) >= 11 is 0. The van der Waals surface area contributed by atoms with E-state index in [4.69, 9.17) is 14.2 Å². The minimum atomic E-state index is -0.474. The Morgan fingerprint density at radius 1 is 1.32 bits per heavy atom. The first kappa shape index (κ1) is 18.4. The Morgan fingerprint density at radius 3 is 2.45 bits per heavy atom. The molecule has 0 aliphatic carbocycles. The zero-order chi connectivity index (χ0) is 16.5. The second kappa shape index (κ2) is 9.42. The van der Waals surface area contributed by atoms with E-state index < -0.39 is 6.10 Å². The van der Waals surface area contributed by atoms with E-state index in [-0.39, 0.29) is 24.3 Å². The van der Waals surface area contributed by atoms with Gasteiger partial charge in [-0.05, 0) is 33.8 Å². The maximum absolute atomic E-state index is 11.8. The van der Waals surface area contributed by atoms with Crippen molar-refractivity contribution in [1.29, 1.82) is 0 Å². The van der Waals surface area contributed by atoms with Crippen LogP contribution in [-0.2, 0) is 19.0 Å². The topological polar surface area (TPSA) is 77.1 Å². The van der Waals surface area contributed by atoms with Crippen molar-refractivity contribution in [3.8, 4) is 0 Å². The molecule has 0 spiro atoms. The highest BCUT2D eigenvalue weighted by Gasteiger charge is 2.20. The predicted octanol–water partition coefficient (Wildman–Crippen LogP) is 1.29. The zero-order valence-electron chi connectivity index (χ0n) is 13.7. The van der Waals surface area contributed by atoms with Gasteiger partial charge in [-0.3, -0.25) is 4.79 Å². The minimum absolute atomic E-state index is 0.165. The van der Waals surface area contributed by atoms with Gasteiger partial charge in [0.1, 0.15) is 6.10 Å². The normalized spacial score (nSPS) is 23.1. The molecule has 0 saturated carbocycles. The standard InChI is InChI=1S/C15H26N2O5/c1-5-17(6-2)15(19)22-11(3)7-8-14(18)16-13-9-20-12(4)21-10-13/h7-8,11-13H,5-6,9-10H2,1-4H3,(H,16,18). The minimum Gasteiger partial charge on any atom is -0.442 e. The lowest BCUT2D eigenvalue weighted by Crippen LogP contribution is -2.46. The molecule has 1 rings (SSSR count). The van der Waals surface area contributed by atoms with E-state index in [0.717, 1.165) is 0 Å². The number of carbonyl (C=O) groups is 2. The van der Waals surface area contributed by atoms with Crippen molar-refractivity contribution in [2.24, 2.45) is 0 Å². The van der Waals surface area contributed by atoms with E-state index in [1.165, 1.54) is 6.08 Å². The van der Waals surface area contributed by atoms with Gasteiger partial charge in [0.15, 0.2) is 6.29 Å². The summed E-state index contributed by atoms with van der Waals surface area (Å²) < 4.78 is 15.8. The smallest absolute Gasteiger partial charge is 0.410 e. The van der Waals surface area contributed by atoms with Gasteiger partial charge in [0.2, 0.25) is 5.91 Å². The first-order valence-electron chi connectivity index (χ1n) is 7.63. The number of nitrogens with one attached hydrogen (secondary N) is 1. The Morgan fingerprint density at radius 2 is 1.91 bits per heavy atom. The molecule has 22 heavy (non-hydrogen) atoms. The largest absolute Gasteiger partial charge is 0.442 e. The first-order valence-corrected chi connectivity index (χ1v) is 7.63. The van der Waals surface area contributed by atoms with Crippen molar-refractivity contribution in [2.75, 3.05) is 26.3 Å². The molecule has 2 amide bonds. The highest BCUT2D eigenvalue weighted by Crippen LogP contribution is 2.04. The molecular weight excluding hydrogens is 288 g/mol. The lowest BCUT2D eigenvalue weighted by molar-refractivity contribution is -0.180. The van der Waals surface area contributed by atoms with Crippen LogP contribution >= 0.6 is 0 Å². The summed E-state index contributed by atoms with van der Waals surface area (Å²) in [6.07, 6.45) is 1.81. The Labute approximate surface area is 131 Å². The van der Waals surface area contributed by atoms with Gasteiger partial charge in [-0.15, -0.1) is 0 Å². The van der Waals surface area contributed by atoms with Crippen molar-refractivity contribution in [1.82, 2.24) is 10.2 Å². The molecule has 1 N–H and O–H groups in total. The number of hydrogen-bond donors (Lipinski definition) is 1. The second-order valence-corrected chi connectivity index (χ2v) is 5.06. The summed E-state index contributed by atoms with van der Waals surface area (Å²) in [6, 6.07) is -0.165. The van der Waals surface area contributed by atoms with Gasteiger partial charge >= 0.3 is 6.09 Å². The lowest BCUT2D eigenvalue weighted by atomic mass is 10.3. The quantitative estimate of drug-likeness (QED) is 0.748. The van der Waals surface area contributed by atoms with Gasteiger partial charge in [0.05, 0.1) is 19.3 Å². The molecule has 1 aliphatic heterocycles. The number of hydrogen-bond acceptors (Lipinski definition) is 5. The van der Waals surface area contributed by atoms with Crippen LogP contribution in [0.5, 0.6) is 0 Å². The Bertz CT molecular complexity index is 387. The van der Waals surface area contributed by atoms with Crippen molar-refractivity contribution in [2.45, 2.75) is 46.1 Å². The van der Waals surface area contributed by atoms with Gasteiger partial charge in [0, 0.05) is 19.2 Å². The summed E-state index contributed by atoms with van der Waals surface area (Å²) in [7, 11) is 0. The van der Waals surface area contributed by atoms with Gasteiger partial charge < -0.3 is 24.4 Å². The van der Waals surface area contributed by atoms with Crippen LogP contribution in [-0.4, -0.2) is 61.6 Å². The Hall–Kier alpha value is -1.60. The summed E-state index contributed by atoms with van der Waals surface area (Å²) in [6.45, 7) is 9.31. The molecule has 1 heterocycles. The third-order valence-corrected chi connectivity index (χ3v) is 3.24. The third-order valence-electron chi connectivity index (χ3n) is 3.24. The first-order chi connectivity index (χ1) is 10.5. The lowest BCUT2D eigenvalue weighted by Gasteiger charge is -2.27. The highest BCUT2D eigenvalue weighted by atomic mass is 16.7. The third kappa shape index (κ3) is 6.44. The van der Waals surface area contributed by atoms with E-state index in [1.807, 2.05) is 20.8 Å². The van der Waals surface area contributed by atoms with Gasteiger partial charge in [-0.1, -0.05) is 0 Å². The molecule has 0 aromatic carbocycles. The monoisotopic (exact) mass is 314 g/mol. The molecule has 1 fully saturated rings. The molecule has 1 unspecified atom stereocenters. The number of ether oxygens (including phenoxy) is 3. The van der Waals surface area contributed by atoms with E-state index in [9.17, 15) is 9.59 Å². The van der Waals surface area contributed by atoms with Crippen LogP contribution in [0.2, 0.25) is 0 Å². The average Bonchev–Trinajstić information content (AvgIpc) is 2.49. The van der Waals surface area contributed by atoms with Crippen molar-refractivity contribution in [3.05, 3.63) is 12.2 Å². The predicted molar refractivity (Wildman–Crippen MR) is 81.3 cm³/mol. The molecule has 7 nitrogen and oxygen atoms in total. The summed E-state index contributed by atoms with van der Waals surface area (Å²) in [5.41, 5.74) is 0. The van der Waals surface area contributed by atoms with Crippen LogP contribution in [0.4, 0.5) is 4.79 Å². The van der Waals surface area contributed by atoms with E-state index in [0.29, 0.717) is 26.3 Å². The molecule has 1 saturated heterocycles. The van der Waals surface area contributed by atoms with Crippen LogP contribution in [0.15, 0.2) is 12.2 Å². The summed E-state index contributed by atoms with van der Waals surface area (Å²) in [5, 5.41) is 2.77. The second-order valence-electron chi connectivity index (χ2n) is 5.06. The summed E-state index contributed by atoms with van der Waals surface area (Å²) in [5.74, 6) is -0.266. The van der Waals surface area contributed by atoms with Gasteiger partial charge in [0.25, 0.3) is 0 Å². The molecule has 0 radical (unpaired) electrons. The number of rotatable bonds is 6. The molecule has 0 aromatic heterocycles. The SMILES string of the molecule is CCN(CC)C(=O)OC(C)C=CC(=O)NC1COC(C)OC1. The Balaban J connectivity index is 2.33. The van der Waals surface area contributed by atoms with Crippen molar-refractivity contribution >= 4 is 12.0 Å². The Kier molecular flexibility index (Phi) is 7.90. The van der Waals surface area contributed by atoms with Gasteiger partial charge in [-0.2, -0.15) is 0 Å². The number of nitrogens with zero attached hydrogens (tertiary/aromatic N) is 1. The molecule has 1 atom stereocenters. The van der Waals surface area contributed by atoms with Gasteiger partial charge in [-0.25, -0.2) is 4.79 Å². The van der Waals surface area contributed by atoms with Crippen LogP contribution in [0.3, 0.4) is 0 Å². The maximum Gasteiger partial charge on any atom is 0.410 e.